The quantitative estimate of drug-likeness (QED) is 0.264. The second kappa shape index (κ2) is 12.5. The van der Waals surface area contributed by atoms with Crippen molar-refractivity contribution >= 4 is 26.2 Å². The molecule has 0 radical (unpaired) electrons. The largest absolute Gasteiger partial charge is 0.467 e. The maximum Gasteiger partial charge on any atom is 0.408 e. The van der Waals surface area contributed by atoms with Gasteiger partial charge in [-0.1, -0.05) is 20.8 Å². The highest BCUT2D eigenvalue weighted by Crippen LogP contribution is 2.37. The predicted octanol–water partition coefficient (Wildman–Crippen LogP) is 4.22. The number of alkyl carbamates (subject to hydrolysis) is 1. The summed E-state index contributed by atoms with van der Waals surface area (Å²) in [6.45, 7) is 18.1. The van der Waals surface area contributed by atoms with Crippen LogP contribution in [-0.4, -0.2) is 64.2 Å². The Hall–Kier alpha value is -1.45. The van der Waals surface area contributed by atoms with Crippen molar-refractivity contribution in [3.63, 3.8) is 0 Å². The summed E-state index contributed by atoms with van der Waals surface area (Å²) in [5, 5.41) is 2.56. The minimum Gasteiger partial charge on any atom is -0.467 e. The van der Waals surface area contributed by atoms with Crippen LogP contribution in [0, 0.1) is 0 Å². The van der Waals surface area contributed by atoms with Crippen LogP contribution in [-0.2, 0) is 28.2 Å². The third kappa shape index (κ3) is 12.9. The van der Waals surface area contributed by atoms with E-state index >= 15 is 0 Å². The maximum atomic E-state index is 12.0. The maximum absolute atomic E-state index is 12.0. The summed E-state index contributed by atoms with van der Waals surface area (Å²) in [6, 6.07) is -0.878. The van der Waals surface area contributed by atoms with Gasteiger partial charge < -0.3 is 28.7 Å². The van der Waals surface area contributed by atoms with E-state index in [9.17, 15) is 14.4 Å². The van der Waals surface area contributed by atoms with Crippen molar-refractivity contribution in [3.05, 3.63) is 0 Å². The van der Waals surface area contributed by atoms with E-state index in [1.807, 2.05) is 0 Å². The van der Waals surface area contributed by atoms with Crippen molar-refractivity contribution in [2.24, 2.45) is 0 Å². The molecule has 0 saturated heterocycles. The van der Waals surface area contributed by atoms with Gasteiger partial charge >= 0.3 is 12.1 Å². The van der Waals surface area contributed by atoms with Gasteiger partial charge in [0.1, 0.15) is 17.4 Å². The normalized spacial score (nSPS) is 14.5. The Balaban J connectivity index is 4.87. The summed E-state index contributed by atoms with van der Waals surface area (Å²) in [5.74, 6) is -0.462. The fourth-order valence-electron chi connectivity index (χ4n) is 2.39. The molecule has 0 spiro atoms. The van der Waals surface area contributed by atoms with Gasteiger partial charge in [-0.3, -0.25) is 0 Å². The second-order valence-corrected chi connectivity index (χ2v) is 15.1. The van der Waals surface area contributed by atoms with Crippen molar-refractivity contribution in [2.75, 3.05) is 20.3 Å². The highest BCUT2D eigenvalue weighted by atomic mass is 28.4. The fourth-order valence-corrected chi connectivity index (χ4v) is 3.76. The lowest BCUT2D eigenvalue weighted by Crippen LogP contribution is -2.46. The SMILES string of the molecule is COC(=O)C(CCOCC(CCC(C)=O)O[Si](C)(C)C(C)(C)C)NC(=O)OC(C)(C)C. The van der Waals surface area contributed by atoms with Gasteiger partial charge in [0.25, 0.3) is 0 Å². The van der Waals surface area contributed by atoms with E-state index in [-0.39, 0.29) is 30.0 Å². The van der Waals surface area contributed by atoms with E-state index in [0.717, 1.165) is 0 Å². The smallest absolute Gasteiger partial charge is 0.408 e. The average molecular weight is 462 g/mol. The number of amides is 1. The third-order valence-corrected chi connectivity index (χ3v) is 9.65. The summed E-state index contributed by atoms with van der Waals surface area (Å²) in [4.78, 5) is 35.5. The van der Waals surface area contributed by atoms with Gasteiger partial charge in [-0.05, 0) is 52.2 Å². The summed E-state index contributed by atoms with van der Waals surface area (Å²) in [7, 11) is -0.768. The van der Waals surface area contributed by atoms with Crippen LogP contribution in [0.5, 0.6) is 0 Å². The van der Waals surface area contributed by atoms with Gasteiger partial charge in [0.15, 0.2) is 8.32 Å². The molecule has 0 rings (SSSR count). The Morgan fingerprint density at radius 1 is 1.00 bits per heavy atom. The van der Waals surface area contributed by atoms with Crippen LogP contribution < -0.4 is 5.32 Å². The number of carbonyl (C=O) groups excluding carboxylic acids is 3. The van der Waals surface area contributed by atoms with Crippen LogP contribution in [0.15, 0.2) is 0 Å². The van der Waals surface area contributed by atoms with Gasteiger partial charge in [0.2, 0.25) is 0 Å². The topological polar surface area (TPSA) is 100 Å². The molecule has 0 aliphatic carbocycles. The third-order valence-electron chi connectivity index (χ3n) is 5.12. The molecule has 8 nitrogen and oxygen atoms in total. The standard InChI is InChI=1S/C22H43NO7Si/c1-16(24)11-12-17(30-31(9,10)22(5,6)7)15-28-14-13-18(19(25)27-8)23-20(26)29-21(2,3)4/h17-18H,11-15H2,1-10H3,(H,23,26). The lowest BCUT2D eigenvalue weighted by molar-refractivity contribution is -0.143. The van der Waals surface area contributed by atoms with Gasteiger partial charge in [0.05, 0.1) is 19.8 Å². The lowest BCUT2D eigenvalue weighted by Gasteiger charge is -2.39. The van der Waals surface area contributed by atoms with Crippen LogP contribution in [0.1, 0.15) is 67.7 Å². The molecule has 1 N–H and O–H groups in total. The zero-order valence-electron chi connectivity index (χ0n) is 21.0. The van der Waals surface area contributed by atoms with Crippen molar-refractivity contribution < 1.29 is 33.0 Å². The minimum atomic E-state index is -2.03. The van der Waals surface area contributed by atoms with E-state index in [2.05, 4.69) is 39.2 Å². The van der Waals surface area contributed by atoms with Crippen molar-refractivity contribution in [1.29, 1.82) is 0 Å². The predicted molar refractivity (Wildman–Crippen MR) is 123 cm³/mol. The Morgan fingerprint density at radius 2 is 1.58 bits per heavy atom. The Morgan fingerprint density at radius 3 is 2.03 bits per heavy atom. The first-order valence-electron chi connectivity index (χ1n) is 10.8. The number of hydrogen-bond acceptors (Lipinski definition) is 7. The Kier molecular flexibility index (Phi) is 12.0. The van der Waals surface area contributed by atoms with Gasteiger partial charge in [-0.2, -0.15) is 0 Å². The molecule has 0 aliphatic rings. The first-order valence-corrected chi connectivity index (χ1v) is 13.7. The zero-order chi connectivity index (χ0) is 24.5. The molecule has 1 amide bonds. The highest BCUT2D eigenvalue weighted by Gasteiger charge is 2.39. The molecular weight excluding hydrogens is 418 g/mol. The van der Waals surface area contributed by atoms with E-state index in [1.165, 1.54) is 7.11 Å². The van der Waals surface area contributed by atoms with Crippen molar-refractivity contribution in [2.45, 2.75) is 104 Å². The van der Waals surface area contributed by atoms with E-state index in [4.69, 9.17) is 18.6 Å². The first-order chi connectivity index (χ1) is 14.0. The summed E-state index contributed by atoms with van der Waals surface area (Å²) < 4.78 is 22.2. The zero-order valence-corrected chi connectivity index (χ0v) is 22.0. The monoisotopic (exact) mass is 461 g/mol. The Labute approximate surface area is 188 Å². The van der Waals surface area contributed by atoms with E-state index in [0.29, 0.717) is 19.4 Å². The van der Waals surface area contributed by atoms with Crippen LogP contribution in [0.4, 0.5) is 4.79 Å². The Bertz CT molecular complexity index is 594. The number of rotatable bonds is 12. The molecule has 0 fully saturated rings. The molecule has 0 heterocycles. The van der Waals surface area contributed by atoms with Crippen LogP contribution in [0.25, 0.3) is 0 Å². The molecule has 0 bridgehead atoms. The summed E-state index contributed by atoms with van der Waals surface area (Å²) in [6.07, 6.45) is 0.334. The summed E-state index contributed by atoms with van der Waals surface area (Å²) >= 11 is 0. The molecule has 0 aromatic heterocycles. The number of methoxy groups -OCH3 is 1. The molecule has 0 aromatic rings. The fraction of sp³-hybridized carbons (Fsp3) is 0.864. The molecule has 0 aliphatic heterocycles. The van der Waals surface area contributed by atoms with Gasteiger partial charge in [0, 0.05) is 19.4 Å². The average Bonchev–Trinajstić information content (AvgIpc) is 2.58. The molecule has 182 valence electrons. The molecule has 31 heavy (non-hydrogen) atoms. The minimum absolute atomic E-state index is 0.0365. The number of hydrogen-bond donors (Lipinski definition) is 1. The van der Waals surface area contributed by atoms with E-state index in [1.54, 1.807) is 27.7 Å². The van der Waals surface area contributed by atoms with Crippen molar-refractivity contribution in [3.8, 4) is 0 Å². The lowest BCUT2D eigenvalue weighted by atomic mass is 10.1. The number of ether oxygens (including phenoxy) is 3. The molecule has 0 aromatic carbocycles. The number of Topliss-reactive ketones (excluding diaryl/α,β-unsaturated/α-hetero) is 1. The van der Waals surface area contributed by atoms with Crippen LogP contribution in [0.2, 0.25) is 18.1 Å². The number of nitrogens with one attached hydrogen (secondary N) is 1. The summed E-state index contributed by atoms with van der Waals surface area (Å²) in [5.41, 5.74) is -0.674. The number of ketones is 1. The van der Waals surface area contributed by atoms with Crippen LogP contribution in [0.3, 0.4) is 0 Å². The van der Waals surface area contributed by atoms with Crippen LogP contribution >= 0.6 is 0 Å². The molecule has 0 saturated carbocycles. The molecular formula is C22H43NO7Si. The second-order valence-electron chi connectivity index (χ2n) is 10.3. The van der Waals surface area contributed by atoms with Crippen molar-refractivity contribution in [1.82, 2.24) is 5.32 Å². The first kappa shape index (κ1) is 29.5. The molecule has 2 atom stereocenters. The van der Waals surface area contributed by atoms with Gasteiger partial charge in [-0.15, -0.1) is 0 Å². The molecule has 2 unspecified atom stereocenters. The molecule has 9 heteroatoms. The number of carbonyl (C=O) groups is 3. The van der Waals surface area contributed by atoms with Gasteiger partial charge in [-0.25, -0.2) is 9.59 Å². The van der Waals surface area contributed by atoms with E-state index < -0.39 is 32.0 Å². The highest BCUT2D eigenvalue weighted by molar-refractivity contribution is 6.74. The number of esters is 1.